The Bertz CT molecular complexity index is 1090. The monoisotopic (exact) mass is 415 g/mol. The number of aromatic nitrogens is 4. The largest absolute Gasteiger partial charge is 0.305 e. The van der Waals surface area contributed by atoms with Crippen LogP contribution in [0.5, 0.6) is 0 Å². The molecule has 0 aliphatic carbocycles. The van der Waals surface area contributed by atoms with Gasteiger partial charge in [0.25, 0.3) is 0 Å². The standard InChI is InChI=1S/C18H14ClN5OS2/c1-24-16(11-5-4-6-12(19)9-11)22-23-18(24)26-10-15(25)21-17-20-13-7-2-3-8-14(13)27-17/h2-9H,10H2,1H3,(H,20,21,25). The maximum absolute atomic E-state index is 12.3. The predicted octanol–water partition coefficient (Wildman–Crippen LogP) is 4.48. The second kappa shape index (κ2) is 7.67. The normalized spacial score (nSPS) is 11.0. The fourth-order valence-electron chi connectivity index (χ4n) is 2.53. The van der Waals surface area contributed by atoms with Crippen molar-refractivity contribution in [2.45, 2.75) is 5.16 Å². The van der Waals surface area contributed by atoms with Gasteiger partial charge in [-0.05, 0) is 24.3 Å². The number of nitrogens with zero attached hydrogens (tertiary/aromatic N) is 4. The van der Waals surface area contributed by atoms with E-state index in [1.807, 2.05) is 60.1 Å². The molecule has 6 nitrogen and oxygen atoms in total. The molecule has 27 heavy (non-hydrogen) atoms. The van der Waals surface area contributed by atoms with Gasteiger partial charge in [0, 0.05) is 17.6 Å². The lowest BCUT2D eigenvalue weighted by Gasteiger charge is -2.04. The number of fused-ring (bicyclic) bond motifs is 1. The van der Waals surface area contributed by atoms with Gasteiger partial charge < -0.3 is 9.88 Å². The maximum Gasteiger partial charge on any atom is 0.236 e. The lowest BCUT2D eigenvalue weighted by molar-refractivity contribution is -0.113. The summed E-state index contributed by atoms with van der Waals surface area (Å²) < 4.78 is 2.89. The number of carbonyl (C=O) groups is 1. The molecule has 0 bridgehead atoms. The summed E-state index contributed by atoms with van der Waals surface area (Å²) in [5, 5.41) is 13.1. The fourth-order valence-corrected chi connectivity index (χ4v) is 4.31. The first-order chi connectivity index (χ1) is 13.1. The lowest BCUT2D eigenvalue weighted by Crippen LogP contribution is -2.14. The van der Waals surface area contributed by atoms with Crippen LogP contribution in [0.4, 0.5) is 5.13 Å². The van der Waals surface area contributed by atoms with E-state index in [2.05, 4.69) is 20.5 Å². The van der Waals surface area contributed by atoms with Gasteiger partial charge in [0.15, 0.2) is 16.1 Å². The number of nitrogens with one attached hydrogen (secondary N) is 1. The van der Waals surface area contributed by atoms with Crippen molar-refractivity contribution in [2.24, 2.45) is 7.05 Å². The Morgan fingerprint density at radius 2 is 2.07 bits per heavy atom. The summed E-state index contributed by atoms with van der Waals surface area (Å²) >= 11 is 8.82. The highest BCUT2D eigenvalue weighted by Gasteiger charge is 2.14. The molecule has 4 rings (SSSR count). The second-order valence-electron chi connectivity index (χ2n) is 5.70. The highest BCUT2D eigenvalue weighted by atomic mass is 35.5. The van der Waals surface area contributed by atoms with Gasteiger partial charge in [0.1, 0.15) is 0 Å². The van der Waals surface area contributed by atoms with Crippen molar-refractivity contribution < 1.29 is 4.79 Å². The Morgan fingerprint density at radius 1 is 1.22 bits per heavy atom. The third-order valence-corrected chi connectivity index (χ3v) is 6.00. The van der Waals surface area contributed by atoms with Crippen molar-refractivity contribution in [2.75, 3.05) is 11.1 Å². The molecule has 0 spiro atoms. The van der Waals surface area contributed by atoms with Gasteiger partial charge >= 0.3 is 0 Å². The Kier molecular flexibility index (Phi) is 5.11. The van der Waals surface area contributed by atoms with Crippen LogP contribution in [0, 0.1) is 0 Å². The van der Waals surface area contributed by atoms with Gasteiger partial charge in [-0.3, -0.25) is 4.79 Å². The first kappa shape index (κ1) is 18.0. The number of carbonyl (C=O) groups excluding carboxylic acids is 1. The van der Waals surface area contributed by atoms with Crippen molar-refractivity contribution in [3.63, 3.8) is 0 Å². The summed E-state index contributed by atoms with van der Waals surface area (Å²) in [5.41, 5.74) is 1.76. The highest BCUT2D eigenvalue weighted by molar-refractivity contribution is 7.99. The van der Waals surface area contributed by atoms with E-state index in [1.165, 1.54) is 23.1 Å². The molecule has 2 aromatic heterocycles. The SMILES string of the molecule is Cn1c(SCC(=O)Nc2nc3ccccc3s2)nnc1-c1cccc(Cl)c1. The number of thiazole rings is 1. The number of halogens is 1. The van der Waals surface area contributed by atoms with Crippen molar-refractivity contribution in [3.8, 4) is 11.4 Å². The van der Waals surface area contributed by atoms with E-state index in [9.17, 15) is 4.79 Å². The molecule has 0 radical (unpaired) electrons. The minimum atomic E-state index is -0.133. The van der Waals surface area contributed by atoms with Crippen molar-refractivity contribution in [1.82, 2.24) is 19.7 Å². The molecule has 0 aliphatic rings. The number of rotatable bonds is 5. The van der Waals surface area contributed by atoms with Crippen LogP contribution >= 0.6 is 34.7 Å². The number of thioether (sulfide) groups is 1. The van der Waals surface area contributed by atoms with Crippen LogP contribution in [0.15, 0.2) is 53.7 Å². The van der Waals surface area contributed by atoms with Gasteiger partial charge in [-0.15, -0.1) is 10.2 Å². The van der Waals surface area contributed by atoms with Crippen LogP contribution < -0.4 is 5.32 Å². The van der Waals surface area contributed by atoms with E-state index >= 15 is 0 Å². The van der Waals surface area contributed by atoms with Crippen LogP contribution in [-0.4, -0.2) is 31.4 Å². The number of para-hydroxylation sites is 1. The van der Waals surface area contributed by atoms with Crippen molar-refractivity contribution in [1.29, 1.82) is 0 Å². The van der Waals surface area contributed by atoms with Crippen molar-refractivity contribution >= 4 is 56.0 Å². The average molecular weight is 416 g/mol. The van der Waals surface area contributed by atoms with Gasteiger partial charge in [0.2, 0.25) is 5.91 Å². The number of hydrogen-bond acceptors (Lipinski definition) is 6. The summed E-state index contributed by atoms with van der Waals surface area (Å²) in [6.07, 6.45) is 0. The quantitative estimate of drug-likeness (QED) is 0.486. The van der Waals surface area contributed by atoms with E-state index in [0.717, 1.165) is 15.8 Å². The highest BCUT2D eigenvalue weighted by Crippen LogP contribution is 2.27. The van der Waals surface area contributed by atoms with Crippen LogP contribution in [0.2, 0.25) is 5.02 Å². The second-order valence-corrected chi connectivity index (χ2v) is 8.11. The molecule has 2 heterocycles. The van der Waals surface area contributed by atoms with E-state index < -0.39 is 0 Å². The lowest BCUT2D eigenvalue weighted by atomic mass is 10.2. The third-order valence-electron chi connectivity index (χ3n) is 3.79. The summed E-state index contributed by atoms with van der Waals surface area (Å²) in [5.74, 6) is 0.787. The van der Waals surface area contributed by atoms with Crippen molar-refractivity contribution in [3.05, 3.63) is 53.6 Å². The van der Waals surface area contributed by atoms with E-state index in [1.54, 1.807) is 0 Å². The molecule has 0 atom stereocenters. The molecule has 2 aromatic carbocycles. The van der Waals surface area contributed by atoms with Crippen LogP contribution in [0.25, 0.3) is 21.6 Å². The molecular formula is C18H14ClN5OS2. The molecule has 0 saturated heterocycles. The molecule has 0 unspecified atom stereocenters. The topological polar surface area (TPSA) is 72.7 Å². The summed E-state index contributed by atoms with van der Waals surface area (Å²) in [7, 11) is 1.87. The Balaban J connectivity index is 1.42. The molecule has 1 amide bonds. The first-order valence-corrected chi connectivity index (χ1v) is 10.2. The van der Waals surface area contributed by atoms with E-state index in [0.29, 0.717) is 21.1 Å². The molecule has 0 aliphatic heterocycles. The summed E-state index contributed by atoms with van der Waals surface area (Å²) in [6, 6.07) is 15.2. The Hall–Kier alpha value is -2.42. The van der Waals surface area contributed by atoms with E-state index in [-0.39, 0.29) is 11.7 Å². The number of amides is 1. The van der Waals surface area contributed by atoms with Gasteiger partial charge in [0.05, 0.1) is 16.0 Å². The van der Waals surface area contributed by atoms with Gasteiger partial charge in [-0.2, -0.15) is 0 Å². The minimum absolute atomic E-state index is 0.133. The zero-order valence-corrected chi connectivity index (χ0v) is 16.6. The molecular weight excluding hydrogens is 402 g/mol. The first-order valence-electron chi connectivity index (χ1n) is 8.04. The number of hydrogen-bond donors (Lipinski definition) is 1. The smallest absolute Gasteiger partial charge is 0.236 e. The maximum atomic E-state index is 12.3. The van der Waals surface area contributed by atoms with E-state index in [4.69, 9.17) is 11.6 Å². The zero-order chi connectivity index (χ0) is 18.8. The molecule has 0 fully saturated rings. The predicted molar refractivity (Wildman–Crippen MR) is 110 cm³/mol. The molecule has 4 aromatic rings. The molecule has 136 valence electrons. The average Bonchev–Trinajstić information content (AvgIpc) is 3.22. The van der Waals surface area contributed by atoms with Crippen LogP contribution in [-0.2, 0) is 11.8 Å². The fraction of sp³-hybridized carbons (Fsp3) is 0.111. The third kappa shape index (κ3) is 3.97. The van der Waals surface area contributed by atoms with Gasteiger partial charge in [-0.1, -0.05) is 59.0 Å². The molecule has 1 N–H and O–H groups in total. The van der Waals surface area contributed by atoms with Crippen LogP contribution in [0.1, 0.15) is 0 Å². The molecule has 9 heteroatoms. The minimum Gasteiger partial charge on any atom is -0.305 e. The number of benzene rings is 2. The summed E-state index contributed by atoms with van der Waals surface area (Å²) in [6.45, 7) is 0. The number of anilines is 1. The van der Waals surface area contributed by atoms with Gasteiger partial charge in [-0.25, -0.2) is 4.98 Å². The van der Waals surface area contributed by atoms with Crippen LogP contribution in [0.3, 0.4) is 0 Å². The zero-order valence-electron chi connectivity index (χ0n) is 14.2. The molecule has 0 saturated carbocycles. The Morgan fingerprint density at radius 3 is 2.89 bits per heavy atom. The Labute approximate surface area is 168 Å². The summed E-state index contributed by atoms with van der Waals surface area (Å²) in [4.78, 5) is 16.7.